The molecule has 0 spiro atoms. The van der Waals surface area contributed by atoms with Crippen molar-refractivity contribution in [2.24, 2.45) is 0 Å². The predicted octanol–water partition coefficient (Wildman–Crippen LogP) is 16.4. The number of para-hydroxylation sites is 2. The average molecular weight is 871 g/mol. The molecule has 0 N–H and O–H groups in total. The normalized spacial score (nSPS) is 11.5. The van der Waals surface area contributed by atoms with Gasteiger partial charge in [0, 0.05) is 33.0 Å². The van der Waals surface area contributed by atoms with Gasteiger partial charge in [0.2, 0.25) is 11.4 Å². The molecular weight excluding hydrogens is 833 g/mol. The smallest absolute Gasteiger partial charge is 0.231 e. The second-order valence-corrected chi connectivity index (χ2v) is 17.0. The third-order valence-electron chi connectivity index (χ3n) is 12.8. The van der Waals surface area contributed by atoms with E-state index >= 15 is 0 Å². The van der Waals surface area contributed by atoms with Gasteiger partial charge in [-0.25, -0.2) is 9.97 Å². The first-order chi connectivity index (χ1) is 33.7. The van der Waals surface area contributed by atoms with Gasteiger partial charge in [0.1, 0.15) is 11.2 Å². The van der Waals surface area contributed by atoms with E-state index in [0.29, 0.717) is 23.1 Å². The fraction of sp³-hybridized carbons (Fsp3) is 0. The van der Waals surface area contributed by atoms with Crippen LogP contribution in [0.4, 0.5) is 0 Å². The molecule has 0 aliphatic rings. The van der Waals surface area contributed by atoms with E-state index < -0.39 is 0 Å². The summed E-state index contributed by atoms with van der Waals surface area (Å²) >= 11 is 0. The van der Waals surface area contributed by atoms with Crippen LogP contribution in [0, 0.1) is 0 Å². The molecule has 4 aromatic heterocycles. The highest BCUT2D eigenvalue weighted by Gasteiger charge is 2.20. The molecule has 0 unspecified atom stereocenters. The first kappa shape index (κ1) is 39.1. The maximum atomic E-state index is 6.34. The molecule has 0 saturated heterocycles. The average Bonchev–Trinajstić information content (AvgIpc) is 4.00. The molecule has 0 bridgehead atoms. The van der Waals surface area contributed by atoms with Crippen molar-refractivity contribution in [3.63, 3.8) is 0 Å². The zero-order chi connectivity index (χ0) is 45.0. The van der Waals surface area contributed by atoms with Crippen LogP contribution in [-0.4, -0.2) is 19.9 Å². The summed E-state index contributed by atoms with van der Waals surface area (Å²) in [4.78, 5) is 20.4. The minimum Gasteiger partial charge on any atom is -0.438 e. The van der Waals surface area contributed by atoms with E-state index in [2.05, 4.69) is 182 Å². The lowest BCUT2D eigenvalue weighted by atomic mass is 9.98. The number of nitrogens with zero attached hydrogens (tertiary/aromatic N) is 4. The van der Waals surface area contributed by atoms with E-state index in [4.69, 9.17) is 28.8 Å². The number of fused-ring (bicyclic) bond motifs is 6. The second-order valence-electron chi connectivity index (χ2n) is 17.0. The standard InChI is InChI=1S/C62H38N4O2/c1-3-11-39(12-4-1)41-23-31-47(32-24-41)57-55-51-15-7-9-17-53(51)67-61(55)65-59(63-57)49-35-27-45(28-36-49)43-19-21-44(22-20-43)46-29-37-50(38-30-46)60-64-58(56-52-16-8-10-18-54(52)68-62(56)66-60)48-33-25-42(26-34-48)40-13-5-2-6-14-40/h1-38H. The zero-order valence-corrected chi connectivity index (χ0v) is 36.5. The Bertz CT molecular complexity index is 3690. The molecule has 0 aliphatic carbocycles. The highest BCUT2D eigenvalue weighted by Crippen LogP contribution is 2.39. The summed E-state index contributed by atoms with van der Waals surface area (Å²) in [7, 11) is 0. The highest BCUT2D eigenvalue weighted by atomic mass is 16.3. The Balaban J connectivity index is 0.779. The van der Waals surface area contributed by atoms with Gasteiger partial charge in [-0.05, 0) is 56.6 Å². The Kier molecular flexibility index (Phi) is 9.39. The van der Waals surface area contributed by atoms with Crippen molar-refractivity contribution in [2.75, 3.05) is 0 Å². The van der Waals surface area contributed by atoms with Crippen LogP contribution in [-0.2, 0) is 0 Å². The quantitative estimate of drug-likeness (QED) is 0.151. The molecule has 68 heavy (non-hydrogen) atoms. The Hall–Kier alpha value is -9.26. The molecule has 9 aromatic carbocycles. The van der Waals surface area contributed by atoms with Crippen LogP contribution in [0.3, 0.4) is 0 Å². The van der Waals surface area contributed by atoms with E-state index in [1.54, 1.807) is 0 Å². The maximum Gasteiger partial charge on any atom is 0.231 e. The number of benzene rings is 9. The summed E-state index contributed by atoms with van der Waals surface area (Å²) in [5, 5.41) is 3.82. The number of aromatic nitrogens is 4. The molecule has 0 fully saturated rings. The van der Waals surface area contributed by atoms with Gasteiger partial charge in [-0.3, -0.25) is 0 Å². The number of hydrogen-bond donors (Lipinski definition) is 0. The van der Waals surface area contributed by atoms with Gasteiger partial charge in [0.15, 0.2) is 11.6 Å². The first-order valence-corrected chi connectivity index (χ1v) is 22.7. The van der Waals surface area contributed by atoms with Crippen LogP contribution in [0.5, 0.6) is 0 Å². The van der Waals surface area contributed by atoms with E-state index in [1.165, 1.54) is 11.1 Å². The summed E-state index contributed by atoms with van der Waals surface area (Å²) in [5.74, 6) is 1.22. The number of rotatable bonds is 8. The van der Waals surface area contributed by atoms with Crippen molar-refractivity contribution < 1.29 is 8.83 Å². The lowest BCUT2D eigenvalue weighted by Crippen LogP contribution is -1.94. The Morgan fingerprint density at radius 1 is 0.221 bits per heavy atom. The maximum absolute atomic E-state index is 6.34. The molecule has 13 aromatic rings. The van der Waals surface area contributed by atoms with Crippen molar-refractivity contribution in [1.29, 1.82) is 0 Å². The summed E-state index contributed by atoms with van der Waals surface area (Å²) in [6, 6.07) is 79.6. The van der Waals surface area contributed by atoms with Gasteiger partial charge in [0.05, 0.1) is 22.2 Å². The van der Waals surface area contributed by atoms with Crippen LogP contribution in [0.2, 0.25) is 0 Å². The largest absolute Gasteiger partial charge is 0.438 e. The molecule has 13 rings (SSSR count). The third-order valence-corrected chi connectivity index (χ3v) is 12.8. The minimum absolute atomic E-state index is 0.570. The van der Waals surface area contributed by atoms with Crippen LogP contribution < -0.4 is 0 Å². The van der Waals surface area contributed by atoms with Crippen molar-refractivity contribution in [3.05, 3.63) is 231 Å². The van der Waals surface area contributed by atoms with Crippen molar-refractivity contribution in [2.45, 2.75) is 0 Å². The predicted molar refractivity (Wildman–Crippen MR) is 276 cm³/mol. The number of hydrogen-bond acceptors (Lipinski definition) is 6. The van der Waals surface area contributed by atoms with Crippen molar-refractivity contribution in [1.82, 2.24) is 19.9 Å². The number of furan rings is 2. The fourth-order valence-corrected chi connectivity index (χ4v) is 9.30. The Morgan fingerprint density at radius 3 is 0.824 bits per heavy atom. The van der Waals surface area contributed by atoms with Gasteiger partial charge >= 0.3 is 0 Å². The van der Waals surface area contributed by atoms with Crippen molar-refractivity contribution in [3.8, 4) is 89.8 Å². The third kappa shape index (κ3) is 7.00. The molecule has 6 nitrogen and oxygen atoms in total. The molecule has 0 radical (unpaired) electrons. The molecular formula is C62H38N4O2. The molecule has 4 heterocycles. The van der Waals surface area contributed by atoms with E-state index in [0.717, 1.165) is 99.7 Å². The fourth-order valence-electron chi connectivity index (χ4n) is 9.30. The Morgan fingerprint density at radius 2 is 0.485 bits per heavy atom. The first-order valence-electron chi connectivity index (χ1n) is 22.7. The van der Waals surface area contributed by atoms with Gasteiger partial charge < -0.3 is 8.83 Å². The van der Waals surface area contributed by atoms with E-state index in [1.807, 2.05) is 48.5 Å². The molecule has 0 aliphatic heterocycles. The van der Waals surface area contributed by atoms with Crippen LogP contribution >= 0.6 is 0 Å². The lowest BCUT2D eigenvalue weighted by Gasteiger charge is -2.10. The van der Waals surface area contributed by atoms with Crippen LogP contribution in [0.15, 0.2) is 239 Å². The topological polar surface area (TPSA) is 77.8 Å². The van der Waals surface area contributed by atoms with Gasteiger partial charge in [-0.2, -0.15) is 9.97 Å². The van der Waals surface area contributed by atoms with E-state index in [-0.39, 0.29) is 0 Å². The Labute approximate surface area is 391 Å². The van der Waals surface area contributed by atoms with Gasteiger partial charge in [0.25, 0.3) is 0 Å². The van der Waals surface area contributed by atoms with Gasteiger partial charge in [-0.15, -0.1) is 0 Å². The zero-order valence-electron chi connectivity index (χ0n) is 36.5. The highest BCUT2D eigenvalue weighted by molar-refractivity contribution is 6.11. The van der Waals surface area contributed by atoms with Gasteiger partial charge in [-0.1, -0.05) is 218 Å². The van der Waals surface area contributed by atoms with Crippen LogP contribution in [0.1, 0.15) is 0 Å². The van der Waals surface area contributed by atoms with E-state index in [9.17, 15) is 0 Å². The van der Waals surface area contributed by atoms with Crippen molar-refractivity contribution >= 4 is 44.1 Å². The lowest BCUT2D eigenvalue weighted by molar-refractivity contribution is 0.653. The molecule has 318 valence electrons. The molecule has 0 atom stereocenters. The monoisotopic (exact) mass is 870 g/mol. The molecule has 0 saturated carbocycles. The molecule has 6 heteroatoms. The SMILES string of the molecule is c1ccc(-c2ccc(-c3nc(-c4ccc(-c5ccc(-c6ccc(-c7nc(-c8ccc(-c9ccccc9)cc8)c8c(n7)oc7ccccc78)cc6)cc5)cc4)nc4oc5ccccc5c34)cc2)cc1. The minimum atomic E-state index is 0.570. The summed E-state index contributed by atoms with van der Waals surface area (Å²) in [6.45, 7) is 0. The summed E-state index contributed by atoms with van der Waals surface area (Å²) in [6.07, 6.45) is 0. The van der Waals surface area contributed by atoms with Crippen LogP contribution in [0.25, 0.3) is 134 Å². The summed E-state index contributed by atoms with van der Waals surface area (Å²) < 4.78 is 12.7. The second kappa shape index (κ2) is 16.3. The molecule has 0 amide bonds. The summed E-state index contributed by atoms with van der Waals surface area (Å²) in [5.41, 5.74) is 17.3.